The molecular weight excluding hydrogens is 358 g/mol. The first-order chi connectivity index (χ1) is 12.0. The van der Waals surface area contributed by atoms with Gasteiger partial charge in [-0.3, -0.25) is 9.59 Å². The third-order valence-corrected chi connectivity index (χ3v) is 5.16. The molecule has 0 atom stereocenters. The Morgan fingerprint density at radius 2 is 1.84 bits per heavy atom. The van der Waals surface area contributed by atoms with Gasteiger partial charge in [-0.25, -0.2) is 4.98 Å². The molecule has 1 aromatic heterocycles. The Kier molecular flexibility index (Phi) is 6.96. The molecular formula is C18H22ClN3O2S. The molecule has 25 heavy (non-hydrogen) atoms. The zero-order chi connectivity index (χ0) is 18.4. The smallest absolute Gasteiger partial charge is 0.242 e. The van der Waals surface area contributed by atoms with Gasteiger partial charge in [-0.1, -0.05) is 29.8 Å². The second kappa shape index (κ2) is 8.97. The van der Waals surface area contributed by atoms with Gasteiger partial charge in [0.2, 0.25) is 11.8 Å². The molecule has 2 aromatic rings. The van der Waals surface area contributed by atoms with Crippen molar-refractivity contribution in [2.75, 3.05) is 26.7 Å². The van der Waals surface area contributed by atoms with E-state index in [1.165, 1.54) is 16.2 Å². The normalized spacial score (nSPS) is 10.6. The first-order valence-electron chi connectivity index (χ1n) is 8.17. The number of aromatic nitrogens is 1. The molecule has 0 saturated heterocycles. The van der Waals surface area contributed by atoms with Crippen LogP contribution in [0, 0.1) is 0 Å². The fourth-order valence-electron chi connectivity index (χ4n) is 2.40. The lowest BCUT2D eigenvalue weighted by Gasteiger charge is -2.23. The summed E-state index contributed by atoms with van der Waals surface area (Å²) in [5, 5.41) is 3.28. The maximum Gasteiger partial charge on any atom is 0.242 e. The van der Waals surface area contributed by atoms with Crippen LogP contribution in [0.5, 0.6) is 0 Å². The minimum absolute atomic E-state index is 0.0455. The molecule has 1 heterocycles. The van der Waals surface area contributed by atoms with Crippen molar-refractivity contribution in [3.63, 3.8) is 0 Å². The predicted octanol–water partition coefficient (Wildman–Crippen LogP) is 3.33. The summed E-state index contributed by atoms with van der Waals surface area (Å²) >= 11 is 7.64. The van der Waals surface area contributed by atoms with Crippen molar-refractivity contribution in [3.05, 3.63) is 40.4 Å². The number of rotatable bonds is 7. The number of hydrogen-bond acceptors (Lipinski definition) is 4. The number of carbonyl (C=O) groups is 2. The van der Waals surface area contributed by atoms with Gasteiger partial charge in [-0.15, -0.1) is 11.3 Å². The fourth-order valence-corrected chi connectivity index (χ4v) is 3.54. The van der Waals surface area contributed by atoms with Gasteiger partial charge in [0.15, 0.2) is 0 Å². The summed E-state index contributed by atoms with van der Waals surface area (Å²) in [7, 11) is 1.64. The molecule has 2 amide bonds. The molecule has 134 valence electrons. The summed E-state index contributed by atoms with van der Waals surface area (Å²) in [6.45, 7) is 5.22. The van der Waals surface area contributed by atoms with E-state index in [4.69, 9.17) is 11.6 Å². The minimum Gasteiger partial charge on any atom is -0.342 e. The van der Waals surface area contributed by atoms with Gasteiger partial charge in [-0.05, 0) is 19.9 Å². The molecule has 1 aromatic carbocycles. The Bertz CT molecular complexity index is 743. The molecule has 0 fully saturated rings. The van der Waals surface area contributed by atoms with Crippen molar-refractivity contribution < 1.29 is 9.59 Å². The molecule has 2 rings (SSSR count). The lowest BCUT2D eigenvalue weighted by molar-refractivity contribution is -0.138. The molecule has 0 aliphatic heterocycles. The molecule has 0 radical (unpaired) electrons. The van der Waals surface area contributed by atoms with Gasteiger partial charge in [0.1, 0.15) is 5.01 Å². The lowest BCUT2D eigenvalue weighted by atomic mass is 10.2. The van der Waals surface area contributed by atoms with Gasteiger partial charge in [0.05, 0.1) is 23.7 Å². The van der Waals surface area contributed by atoms with E-state index in [-0.39, 0.29) is 24.8 Å². The summed E-state index contributed by atoms with van der Waals surface area (Å²) in [6, 6.07) is 7.49. The zero-order valence-electron chi connectivity index (χ0n) is 14.7. The van der Waals surface area contributed by atoms with Crippen LogP contribution in [0.4, 0.5) is 0 Å². The molecule has 0 N–H and O–H groups in total. The number of likely N-dealkylation sites (N-methyl/N-ethyl adjacent to an activating group) is 2. The van der Waals surface area contributed by atoms with Gasteiger partial charge >= 0.3 is 0 Å². The highest BCUT2D eigenvalue weighted by molar-refractivity contribution is 7.13. The van der Waals surface area contributed by atoms with Crippen molar-refractivity contribution in [3.8, 4) is 10.6 Å². The van der Waals surface area contributed by atoms with Crippen LogP contribution in [0.3, 0.4) is 0 Å². The average molecular weight is 380 g/mol. The summed E-state index contributed by atoms with van der Waals surface area (Å²) in [5.41, 5.74) is 1.55. The van der Waals surface area contributed by atoms with Crippen LogP contribution in [-0.2, 0) is 16.0 Å². The maximum absolute atomic E-state index is 12.4. The highest BCUT2D eigenvalue weighted by atomic mass is 35.5. The molecule has 0 spiro atoms. The summed E-state index contributed by atoms with van der Waals surface area (Å²) in [4.78, 5) is 32.1. The third-order valence-electron chi connectivity index (χ3n) is 3.90. The molecule has 7 heteroatoms. The molecule has 0 aliphatic carbocycles. The first-order valence-corrected chi connectivity index (χ1v) is 9.43. The summed E-state index contributed by atoms with van der Waals surface area (Å²) in [6.07, 6.45) is 0.170. The monoisotopic (exact) mass is 379 g/mol. The van der Waals surface area contributed by atoms with Crippen LogP contribution in [0.2, 0.25) is 5.02 Å². The van der Waals surface area contributed by atoms with Crippen molar-refractivity contribution in [1.29, 1.82) is 0 Å². The summed E-state index contributed by atoms with van der Waals surface area (Å²) in [5.74, 6) is -0.174. The van der Waals surface area contributed by atoms with E-state index in [1.807, 2.05) is 43.5 Å². The van der Waals surface area contributed by atoms with Crippen LogP contribution < -0.4 is 0 Å². The van der Waals surface area contributed by atoms with Crippen LogP contribution in [0.1, 0.15) is 19.5 Å². The quantitative estimate of drug-likeness (QED) is 0.741. The number of thiazole rings is 1. The lowest BCUT2D eigenvalue weighted by Crippen LogP contribution is -2.41. The highest BCUT2D eigenvalue weighted by Gasteiger charge is 2.18. The van der Waals surface area contributed by atoms with Crippen LogP contribution >= 0.6 is 22.9 Å². The zero-order valence-corrected chi connectivity index (χ0v) is 16.2. The Morgan fingerprint density at radius 1 is 1.16 bits per heavy atom. The van der Waals surface area contributed by atoms with Crippen molar-refractivity contribution >= 4 is 34.8 Å². The molecule has 0 unspecified atom stereocenters. The van der Waals surface area contributed by atoms with E-state index >= 15 is 0 Å². The largest absolute Gasteiger partial charge is 0.342 e. The average Bonchev–Trinajstić information content (AvgIpc) is 3.04. The Labute approximate surface area is 157 Å². The second-order valence-corrected chi connectivity index (χ2v) is 6.88. The molecule has 0 bridgehead atoms. The number of nitrogens with zero attached hydrogens (tertiary/aromatic N) is 3. The fraction of sp³-hybridized carbons (Fsp3) is 0.389. The Hall–Kier alpha value is -1.92. The standard InChI is InChI=1S/C18H22ClN3O2S/c1-4-22(5-2)17(24)11-21(3)16(23)10-13-12-25-18(20-13)14-8-6-7-9-15(14)19/h6-9,12H,4-5,10-11H2,1-3H3. The summed E-state index contributed by atoms with van der Waals surface area (Å²) < 4.78 is 0. The molecule has 0 saturated carbocycles. The Morgan fingerprint density at radius 3 is 2.48 bits per heavy atom. The van der Waals surface area contributed by atoms with Crippen LogP contribution in [-0.4, -0.2) is 53.3 Å². The van der Waals surface area contributed by atoms with E-state index in [9.17, 15) is 9.59 Å². The number of amides is 2. The van der Waals surface area contributed by atoms with E-state index in [2.05, 4.69) is 4.98 Å². The Balaban J connectivity index is 1.99. The van der Waals surface area contributed by atoms with Gasteiger partial charge in [0.25, 0.3) is 0 Å². The number of benzene rings is 1. The van der Waals surface area contributed by atoms with E-state index < -0.39 is 0 Å². The van der Waals surface area contributed by atoms with Crippen LogP contribution in [0.25, 0.3) is 10.6 Å². The molecule has 0 aliphatic rings. The van der Waals surface area contributed by atoms with Crippen molar-refractivity contribution in [2.24, 2.45) is 0 Å². The second-order valence-electron chi connectivity index (χ2n) is 5.62. The predicted molar refractivity (Wildman–Crippen MR) is 102 cm³/mol. The third kappa shape index (κ3) is 5.03. The van der Waals surface area contributed by atoms with Gasteiger partial charge < -0.3 is 9.80 Å². The highest BCUT2D eigenvalue weighted by Crippen LogP contribution is 2.30. The number of halogens is 1. The van der Waals surface area contributed by atoms with Gasteiger partial charge in [0, 0.05) is 31.1 Å². The minimum atomic E-state index is -0.128. The first kappa shape index (κ1) is 19.4. The van der Waals surface area contributed by atoms with E-state index in [0.717, 1.165) is 10.6 Å². The maximum atomic E-state index is 12.4. The van der Waals surface area contributed by atoms with Crippen molar-refractivity contribution in [1.82, 2.24) is 14.8 Å². The topological polar surface area (TPSA) is 53.5 Å². The SMILES string of the molecule is CCN(CC)C(=O)CN(C)C(=O)Cc1csc(-c2ccccc2Cl)n1. The van der Waals surface area contributed by atoms with Crippen molar-refractivity contribution in [2.45, 2.75) is 20.3 Å². The molecule has 5 nitrogen and oxygen atoms in total. The van der Waals surface area contributed by atoms with Gasteiger partial charge in [-0.2, -0.15) is 0 Å². The number of carbonyl (C=O) groups excluding carboxylic acids is 2. The number of hydrogen-bond donors (Lipinski definition) is 0. The van der Waals surface area contributed by atoms with E-state index in [0.29, 0.717) is 23.8 Å². The van der Waals surface area contributed by atoms with Crippen LogP contribution in [0.15, 0.2) is 29.6 Å². The van der Waals surface area contributed by atoms with E-state index in [1.54, 1.807) is 11.9 Å².